The predicted octanol–water partition coefficient (Wildman–Crippen LogP) is 4.32. The van der Waals surface area contributed by atoms with E-state index in [0.717, 1.165) is 17.8 Å². The van der Waals surface area contributed by atoms with Gasteiger partial charge in [0.1, 0.15) is 0 Å². The number of rotatable bonds is 2. The van der Waals surface area contributed by atoms with Gasteiger partial charge in [0.2, 0.25) is 0 Å². The fourth-order valence-corrected chi connectivity index (χ4v) is 3.04. The molecule has 0 atom stereocenters. The summed E-state index contributed by atoms with van der Waals surface area (Å²) in [4.78, 5) is 4.18. The van der Waals surface area contributed by atoms with Gasteiger partial charge in [-0.1, -0.05) is 13.8 Å². The minimum atomic E-state index is 0.790. The molecule has 1 heteroatoms. The van der Waals surface area contributed by atoms with Crippen molar-refractivity contribution in [3.8, 4) is 0 Å². The zero-order chi connectivity index (χ0) is 11.5. The molecule has 0 bridgehead atoms. The van der Waals surface area contributed by atoms with Crippen molar-refractivity contribution in [3.05, 3.63) is 29.6 Å². The molecule has 1 fully saturated rings. The Kier molecular flexibility index (Phi) is 3.63. The fraction of sp³-hybridized carbons (Fsp3) is 0.667. The van der Waals surface area contributed by atoms with Gasteiger partial charge in [0, 0.05) is 12.4 Å². The van der Waals surface area contributed by atoms with Crippen LogP contribution >= 0.6 is 0 Å². The standard InChI is InChI=1S/C15H23N/c1-11(2)13-4-6-14(7-5-13)15-8-9-16-10-12(15)3/h8-11,13-14H,4-7H2,1-3H3. The number of nitrogens with zero attached hydrogens (tertiary/aromatic N) is 1. The summed E-state index contributed by atoms with van der Waals surface area (Å²) in [5, 5.41) is 0. The molecular weight excluding hydrogens is 194 g/mol. The van der Waals surface area contributed by atoms with E-state index >= 15 is 0 Å². The SMILES string of the molecule is Cc1cnccc1C1CCC(C(C)C)CC1. The van der Waals surface area contributed by atoms with E-state index in [9.17, 15) is 0 Å². The topological polar surface area (TPSA) is 12.9 Å². The van der Waals surface area contributed by atoms with Gasteiger partial charge in [0.25, 0.3) is 0 Å². The minimum Gasteiger partial charge on any atom is -0.264 e. The van der Waals surface area contributed by atoms with Gasteiger partial charge in [-0.15, -0.1) is 0 Å². The van der Waals surface area contributed by atoms with Crippen molar-refractivity contribution in [1.29, 1.82) is 0 Å². The molecule has 1 aliphatic rings. The Morgan fingerprint density at radius 2 is 1.88 bits per heavy atom. The summed E-state index contributed by atoms with van der Waals surface area (Å²) >= 11 is 0. The van der Waals surface area contributed by atoms with Crippen LogP contribution in [0, 0.1) is 18.8 Å². The van der Waals surface area contributed by atoms with Gasteiger partial charge in [-0.3, -0.25) is 4.98 Å². The quantitative estimate of drug-likeness (QED) is 0.719. The zero-order valence-corrected chi connectivity index (χ0v) is 10.7. The minimum absolute atomic E-state index is 0.790. The van der Waals surface area contributed by atoms with Gasteiger partial charge in [0.05, 0.1) is 0 Å². The Morgan fingerprint density at radius 1 is 1.19 bits per heavy atom. The monoisotopic (exact) mass is 217 g/mol. The maximum absolute atomic E-state index is 4.18. The molecule has 0 aromatic carbocycles. The highest BCUT2D eigenvalue weighted by molar-refractivity contribution is 5.26. The average Bonchev–Trinajstić information content (AvgIpc) is 2.30. The van der Waals surface area contributed by atoms with E-state index in [1.807, 2.05) is 12.4 Å². The summed E-state index contributed by atoms with van der Waals surface area (Å²) in [6.07, 6.45) is 9.50. The van der Waals surface area contributed by atoms with Crippen LogP contribution in [0.2, 0.25) is 0 Å². The second-order valence-electron chi connectivity index (χ2n) is 5.59. The molecule has 0 radical (unpaired) electrons. The molecular formula is C15H23N. The van der Waals surface area contributed by atoms with Crippen molar-refractivity contribution >= 4 is 0 Å². The fourth-order valence-electron chi connectivity index (χ4n) is 3.04. The summed E-state index contributed by atoms with van der Waals surface area (Å²) in [6, 6.07) is 2.22. The molecule has 2 rings (SSSR count). The van der Waals surface area contributed by atoms with Crippen LogP contribution in [-0.4, -0.2) is 4.98 Å². The molecule has 0 spiro atoms. The van der Waals surface area contributed by atoms with Crippen LogP contribution in [-0.2, 0) is 0 Å². The summed E-state index contributed by atoms with van der Waals surface area (Å²) in [5.74, 6) is 2.61. The highest BCUT2D eigenvalue weighted by Crippen LogP contribution is 2.39. The summed E-state index contributed by atoms with van der Waals surface area (Å²) in [5.41, 5.74) is 2.91. The average molecular weight is 217 g/mol. The predicted molar refractivity (Wildman–Crippen MR) is 68.5 cm³/mol. The van der Waals surface area contributed by atoms with E-state index in [-0.39, 0.29) is 0 Å². The van der Waals surface area contributed by atoms with Crippen molar-refractivity contribution in [2.45, 2.75) is 52.4 Å². The highest BCUT2D eigenvalue weighted by Gasteiger charge is 2.24. The van der Waals surface area contributed by atoms with Crippen LogP contribution in [0.15, 0.2) is 18.5 Å². The third kappa shape index (κ3) is 2.45. The van der Waals surface area contributed by atoms with Gasteiger partial charge in [-0.2, -0.15) is 0 Å². The number of hydrogen-bond acceptors (Lipinski definition) is 1. The van der Waals surface area contributed by atoms with Crippen molar-refractivity contribution in [1.82, 2.24) is 4.98 Å². The van der Waals surface area contributed by atoms with Gasteiger partial charge >= 0.3 is 0 Å². The lowest BCUT2D eigenvalue weighted by Crippen LogP contribution is -2.18. The first-order valence-electron chi connectivity index (χ1n) is 6.59. The Bertz CT molecular complexity index is 335. The zero-order valence-electron chi connectivity index (χ0n) is 10.7. The van der Waals surface area contributed by atoms with E-state index in [0.29, 0.717) is 0 Å². The molecule has 0 amide bonds. The third-order valence-corrected chi connectivity index (χ3v) is 4.22. The number of aryl methyl sites for hydroxylation is 1. The van der Waals surface area contributed by atoms with Gasteiger partial charge < -0.3 is 0 Å². The Morgan fingerprint density at radius 3 is 2.44 bits per heavy atom. The number of aromatic nitrogens is 1. The molecule has 1 nitrogen and oxygen atoms in total. The van der Waals surface area contributed by atoms with Crippen molar-refractivity contribution in [2.24, 2.45) is 11.8 Å². The maximum atomic E-state index is 4.18. The molecule has 1 aromatic heterocycles. The van der Waals surface area contributed by atoms with Crippen molar-refractivity contribution in [2.75, 3.05) is 0 Å². The van der Waals surface area contributed by atoms with Crippen LogP contribution in [0.3, 0.4) is 0 Å². The number of hydrogen-bond donors (Lipinski definition) is 0. The molecule has 0 aliphatic heterocycles. The van der Waals surface area contributed by atoms with Crippen molar-refractivity contribution in [3.63, 3.8) is 0 Å². The smallest absolute Gasteiger partial charge is 0.0299 e. The van der Waals surface area contributed by atoms with E-state index in [1.165, 1.54) is 36.8 Å². The van der Waals surface area contributed by atoms with E-state index < -0.39 is 0 Å². The molecule has 0 unspecified atom stereocenters. The molecule has 0 saturated heterocycles. The lowest BCUT2D eigenvalue weighted by molar-refractivity contribution is 0.258. The first-order chi connectivity index (χ1) is 7.68. The van der Waals surface area contributed by atoms with Crippen molar-refractivity contribution < 1.29 is 0 Å². The summed E-state index contributed by atoms with van der Waals surface area (Å²) < 4.78 is 0. The van der Waals surface area contributed by atoms with Crippen LogP contribution in [0.25, 0.3) is 0 Å². The molecule has 16 heavy (non-hydrogen) atoms. The summed E-state index contributed by atoms with van der Waals surface area (Å²) in [7, 11) is 0. The van der Waals surface area contributed by atoms with Gasteiger partial charge in [-0.25, -0.2) is 0 Å². The Balaban J connectivity index is 2.02. The normalized spacial score (nSPS) is 26.0. The lowest BCUT2D eigenvalue weighted by atomic mass is 9.74. The van der Waals surface area contributed by atoms with Gasteiger partial charge in [0.15, 0.2) is 0 Å². The molecule has 0 N–H and O–H groups in total. The van der Waals surface area contributed by atoms with E-state index in [2.05, 4.69) is 31.8 Å². The molecule has 1 saturated carbocycles. The number of pyridine rings is 1. The van der Waals surface area contributed by atoms with Crippen LogP contribution in [0.4, 0.5) is 0 Å². The Labute approximate surface area is 99.3 Å². The van der Waals surface area contributed by atoms with Crippen LogP contribution < -0.4 is 0 Å². The maximum Gasteiger partial charge on any atom is 0.0299 e. The second-order valence-corrected chi connectivity index (χ2v) is 5.59. The largest absolute Gasteiger partial charge is 0.264 e. The van der Waals surface area contributed by atoms with Crippen LogP contribution in [0.1, 0.15) is 56.6 Å². The highest BCUT2D eigenvalue weighted by atomic mass is 14.6. The third-order valence-electron chi connectivity index (χ3n) is 4.22. The molecule has 1 heterocycles. The first kappa shape index (κ1) is 11.6. The lowest BCUT2D eigenvalue weighted by Gasteiger charge is -2.31. The molecule has 1 aromatic rings. The first-order valence-corrected chi connectivity index (χ1v) is 6.59. The van der Waals surface area contributed by atoms with E-state index in [4.69, 9.17) is 0 Å². The van der Waals surface area contributed by atoms with E-state index in [1.54, 1.807) is 0 Å². The molecule has 88 valence electrons. The van der Waals surface area contributed by atoms with Crippen LogP contribution in [0.5, 0.6) is 0 Å². The molecule has 1 aliphatic carbocycles. The summed E-state index contributed by atoms with van der Waals surface area (Å²) in [6.45, 7) is 6.92. The Hall–Kier alpha value is -0.850. The second kappa shape index (κ2) is 4.99. The van der Waals surface area contributed by atoms with Gasteiger partial charge in [-0.05, 0) is 67.6 Å².